The highest BCUT2D eigenvalue weighted by atomic mass is 32.2. The van der Waals surface area contributed by atoms with E-state index in [1.165, 1.54) is 23.9 Å². The van der Waals surface area contributed by atoms with Crippen LogP contribution in [0, 0.1) is 0 Å². The van der Waals surface area contributed by atoms with Gasteiger partial charge in [0.05, 0.1) is 11.4 Å². The molecule has 2 rings (SSSR count). The molecule has 0 saturated heterocycles. The molecule has 1 aliphatic heterocycles. The minimum Gasteiger partial charge on any atom is -0.396 e. The smallest absolute Gasteiger partial charge is 0.275 e. The summed E-state index contributed by atoms with van der Waals surface area (Å²) in [5, 5.41) is 11.1. The summed E-state index contributed by atoms with van der Waals surface area (Å²) in [7, 11) is 0. The number of carbonyl (C=O) groups excluding carboxylic acids is 1. The number of hydrogen-bond acceptors (Lipinski definition) is 3. The number of halogens is 2. The Morgan fingerprint density at radius 1 is 1.47 bits per heavy atom. The Labute approximate surface area is 101 Å². The third-order valence-electron chi connectivity index (χ3n) is 2.46. The molecule has 0 bridgehead atoms. The van der Waals surface area contributed by atoms with E-state index in [-0.39, 0.29) is 11.5 Å². The van der Waals surface area contributed by atoms with Gasteiger partial charge in [0.2, 0.25) is 5.91 Å². The van der Waals surface area contributed by atoms with Crippen molar-refractivity contribution in [3.63, 3.8) is 0 Å². The molecule has 6 heteroatoms. The molecule has 0 aromatic heterocycles. The number of hydrogen-bond donors (Lipinski definition) is 2. The maximum absolute atomic E-state index is 13.5. The first-order chi connectivity index (χ1) is 8.03. The molecule has 1 aromatic rings. The fourth-order valence-corrected chi connectivity index (χ4v) is 2.38. The molecule has 0 spiro atoms. The number of benzene rings is 1. The van der Waals surface area contributed by atoms with Gasteiger partial charge in [-0.25, -0.2) is 8.78 Å². The number of nitrogens with one attached hydrogen (secondary N) is 1. The lowest BCUT2D eigenvalue weighted by Gasteiger charge is -2.20. The van der Waals surface area contributed by atoms with Crippen molar-refractivity contribution in [2.75, 3.05) is 17.7 Å². The molecule has 3 nitrogen and oxygen atoms in total. The second-order valence-electron chi connectivity index (χ2n) is 3.73. The third kappa shape index (κ3) is 2.58. The van der Waals surface area contributed by atoms with E-state index >= 15 is 0 Å². The average molecular weight is 259 g/mol. The fourth-order valence-electron chi connectivity index (χ4n) is 1.60. The Hall–Kier alpha value is -1.14. The van der Waals surface area contributed by atoms with E-state index in [1.807, 2.05) is 0 Å². The van der Waals surface area contributed by atoms with Gasteiger partial charge in [-0.3, -0.25) is 4.79 Å². The van der Waals surface area contributed by atoms with Crippen LogP contribution < -0.4 is 5.32 Å². The summed E-state index contributed by atoms with van der Waals surface area (Å²) in [5.74, 6) is -2.96. The molecule has 92 valence electrons. The van der Waals surface area contributed by atoms with Crippen molar-refractivity contribution >= 4 is 23.4 Å². The number of fused-ring (bicyclic) bond motifs is 1. The van der Waals surface area contributed by atoms with Gasteiger partial charge in [-0.15, -0.1) is 11.8 Å². The molecular weight excluding hydrogens is 248 g/mol. The van der Waals surface area contributed by atoms with Crippen LogP contribution in [0.25, 0.3) is 0 Å². The van der Waals surface area contributed by atoms with Gasteiger partial charge in [-0.2, -0.15) is 0 Å². The van der Waals surface area contributed by atoms with E-state index in [1.54, 1.807) is 6.07 Å². The molecule has 0 fully saturated rings. The van der Waals surface area contributed by atoms with Crippen molar-refractivity contribution in [3.8, 4) is 0 Å². The molecule has 0 aliphatic carbocycles. The van der Waals surface area contributed by atoms with Gasteiger partial charge >= 0.3 is 0 Å². The molecule has 0 unspecified atom stereocenters. The number of amides is 1. The first-order valence-electron chi connectivity index (χ1n) is 5.09. The van der Waals surface area contributed by atoms with Gasteiger partial charge in [0, 0.05) is 23.5 Å². The standard InChI is InChI=1S/C11H11F2NO2S/c12-11(13,3-4-15)7-1-2-9-8(5-7)14-10(16)6-17-9/h1-2,5,15H,3-4,6H2,(H,14,16). The van der Waals surface area contributed by atoms with Crippen LogP contribution in [-0.4, -0.2) is 23.4 Å². The molecule has 1 aliphatic rings. The Kier molecular flexibility index (Phi) is 3.35. The molecular formula is C11H11F2NO2S. The first kappa shape index (κ1) is 12.3. The molecule has 17 heavy (non-hydrogen) atoms. The maximum Gasteiger partial charge on any atom is 0.275 e. The number of anilines is 1. The topological polar surface area (TPSA) is 49.3 Å². The molecule has 0 radical (unpaired) electrons. The molecule has 2 N–H and O–H groups in total. The molecule has 1 heterocycles. The SMILES string of the molecule is O=C1CSc2ccc(C(F)(F)CCO)cc2N1. The predicted octanol–water partition coefficient (Wildman–Crippen LogP) is 2.21. The fraction of sp³-hybridized carbons (Fsp3) is 0.364. The average Bonchev–Trinajstić information content (AvgIpc) is 2.28. The van der Waals surface area contributed by atoms with Crippen molar-refractivity contribution in [2.45, 2.75) is 17.2 Å². The lowest BCUT2D eigenvalue weighted by atomic mass is 10.1. The van der Waals surface area contributed by atoms with E-state index in [4.69, 9.17) is 5.11 Å². The summed E-state index contributed by atoms with van der Waals surface area (Å²) in [6.07, 6.45) is -0.618. The predicted molar refractivity (Wildman–Crippen MR) is 61.4 cm³/mol. The zero-order valence-electron chi connectivity index (χ0n) is 8.87. The minimum atomic E-state index is -3.07. The number of aliphatic hydroxyl groups excluding tert-OH is 1. The Bertz CT molecular complexity index is 451. The van der Waals surface area contributed by atoms with Crippen LogP contribution in [0.5, 0.6) is 0 Å². The molecule has 1 aromatic carbocycles. The number of rotatable bonds is 3. The van der Waals surface area contributed by atoms with Gasteiger partial charge in [0.1, 0.15) is 0 Å². The van der Waals surface area contributed by atoms with Crippen LogP contribution in [0.4, 0.5) is 14.5 Å². The monoisotopic (exact) mass is 259 g/mol. The number of alkyl halides is 2. The van der Waals surface area contributed by atoms with Crippen LogP contribution in [0.3, 0.4) is 0 Å². The van der Waals surface area contributed by atoms with Crippen molar-refractivity contribution in [1.82, 2.24) is 0 Å². The lowest BCUT2D eigenvalue weighted by Crippen LogP contribution is -2.20. The largest absolute Gasteiger partial charge is 0.396 e. The molecule has 0 saturated carbocycles. The second kappa shape index (κ2) is 4.62. The van der Waals surface area contributed by atoms with Gasteiger partial charge in [-0.05, 0) is 12.1 Å². The summed E-state index contributed by atoms with van der Waals surface area (Å²) in [5.41, 5.74) is 0.231. The summed E-state index contributed by atoms with van der Waals surface area (Å²) in [4.78, 5) is 11.9. The quantitative estimate of drug-likeness (QED) is 0.875. The number of carbonyl (C=O) groups is 1. The maximum atomic E-state index is 13.5. The number of thioether (sulfide) groups is 1. The highest BCUT2D eigenvalue weighted by Crippen LogP contribution is 2.38. The highest BCUT2D eigenvalue weighted by Gasteiger charge is 2.32. The van der Waals surface area contributed by atoms with Crippen LogP contribution in [-0.2, 0) is 10.7 Å². The van der Waals surface area contributed by atoms with Gasteiger partial charge in [-0.1, -0.05) is 6.07 Å². The van der Waals surface area contributed by atoms with E-state index in [0.717, 1.165) is 4.90 Å². The molecule has 0 atom stereocenters. The van der Waals surface area contributed by atoms with Crippen molar-refractivity contribution in [1.29, 1.82) is 0 Å². The second-order valence-corrected chi connectivity index (χ2v) is 4.74. The zero-order valence-corrected chi connectivity index (χ0v) is 9.69. The highest BCUT2D eigenvalue weighted by molar-refractivity contribution is 8.00. The van der Waals surface area contributed by atoms with E-state index < -0.39 is 19.0 Å². The third-order valence-corrected chi connectivity index (χ3v) is 3.53. The normalized spacial score (nSPS) is 15.4. The summed E-state index contributed by atoms with van der Waals surface area (Å²) >= 11 is 1.32. The van der Waals surface area contributed by atoms with E-state index in [2.05, 4.69) is 5.32 Å². The van der Waals surface area contributed by atoms with Crippen LogP contribution in [0.15, 0.2) is 23.1 Å². The van der Waals surface area contributed by atoms with Gasteiger partial charge in [0.25, 0.3) is 5.92 Å². The Balaban J connectivity index is 2.32. The van der Waals surface area contributed by atoms with Crippen LogP contribution in [0.1, 0.15) is 12.0 Å². The van der Waals surface area contributed by atoms with E-state index in [9.17, 15) is 13.6 Å². The Morgan fingerprint density at radius 2 is 2.24 bits per heavy atom. The van der Waals surface area contributed by atoms with E-state index in [0.29, 0.717) is 11.4 Å². The summed E-state index contributed by atoms with van der Waals surface area (Å²) in [6.45, 7) is -0.578. The summed E-state index contributed by atoms with van der Waals surface area (Å²) < 4.78 is 27.1. The van der Waals surface area contributed by atoms with Crippen molar-refractivity contribution < 1.29 is 18.7 Å². The minimum absolute atomic E-state index is 0.187. The first-order valence-corrected chi connectivity index (χ1v) is 6.07. The lowest BCUT2D eigenvalue weighted by molar-refractivity contribution is -0.113. The number of aliphatic hydroxyl groups is 1. The zero-order chi connectivity index (χ0) is 12.5. The van der Waals surface area contributed by atoms with Crippen molar-refractivity contribution in [3.05, 3.63) is 23.8 Å². The van der Waals surface area contributed by atoms with Gasteiger partial charge < -0.3 is 10.4 Å². The summed E-state index contributed by atoms with van der Waals surface area (Å²) in [6, 6.07) is 4.17. The van der Waals surface area contributed by atoms with Gasteiger partial charge in [0.15, 0.2) is 0 Å². The van der Waals surface area contributed by atoms with Crippen LogP contribution in [0.2, 0.25) is 0 Å². The van der Waals surface area contributed by atoms with Crippen molar-refractivity contribution in [2.24, 2.45) is 0 Å². The van der Waals surface area contributed by atoms with Crippen LogP contribution >= 0.6 is 11.8 Å². The Morgan fingerprint density at radius 3 is 2.94 bits per heavy atom. The molecule has 1 amide bonds.